The average Bonchev–Trinajstić information content (AvgIpc) is 2.58. The molecule has 0 radical (unpaired) electrons. The van der Waals surface area contributed by atoms with Crippen LogP contribution >= 0.6 is 0 Å². The number of nitrogens with zero attached hydrogens (tertiary/aromatic N) is 1. The molecular formula is C19H40N2O2. The first-order valence-electron chi connectivity index (χ1n) is 9.76. The fourth-order valence-corrected chi connectivity index (χ4v) is 3.10. The second kappa shape index (κ2) is 16.3. The van der Waals surface area contributed by atoms with Crippen LogP contribution in [0, 0.1) is 0 Å². The molecule has 1 rings (SSSR count). The van der Waals surface area contributed by atoms with Gasteiger partial charge in [0.15, 0.2) is 0 Å². The summed E-state index contributed by atoms with van der Waals surface area (Å²) in [5.41, 5.74) is 5.12. The number of methoxy groups -OCH3 is 1. The summed E-state index contributed by atoms with van der Waals surface area (Å²) in [7, 11) is 1.83. The van der Waals surface area contributed by atoms with Gasteiger partial charge in [0.2, 0.25) is 5.91 Å². The van der Waals surface area contributed by atoms with Crippen molar-refractivity contribution in [2.24, 2.45) is 5.73 Å². The SMILES string of the molecule is CC.COC1CCCN(CCCCCCCCCCC(N)=O)C1. The van der Waals surface area contributed by atoms with E-state index >= 15 is 0 Å². The number of carbonyl (C=O) groups excluding carboxylic acids is 1. The van der Waals surface area contributed by atoms with Crippen molar-refractivity contribution < 1.29 is 9.53 Å². The Balaban J connectivity index is 0.00000232. The first kappa shape index (κ1) is 22.4. The predicted molar refractivity (Wildman–Crippen MR) is 98.6 cm³/mol. The van der Waals surface area contributed by atoms with Gasteiger partial charge < -0.3 is 15.4 Å². The number of rotatable bonds is 12. The van der Waals surface area contributed by atoms with Crippen LogP contribution in [0.15, 0.2) is 0 Å². The van der Waals surface area contributed by atoms with E-state index in [1.54, 1.807) is 0 Å². The second-order valence-corrected chi connectivity index (χ2v) is 6.35. The number of ether oxygens (including phenoxy) is 1. The molecule has 1 amide bonds. The number of likely N-dealkylation sites (tertiary alicyclic amines) is 1. The minimum Gasteiger partial charge on any atom is -0.380 e. The molecule has 4 heteroatoms. The summed E-state index contributed by atoms with van der Waals surface area (Å²) >= 11 is 0. The van der Waals surface area contributed by atoms with Crippen molar-refractivity contribution in [1.29, 1.82) is 0 Å². The lowest BCUT2D eigenvalue weighted by Crippen LogP contribution is -2.39. The predicted octanol–water partition coefficient (Wildman–Crippen LogP) is 4.12. The molecule has 0 bridgehead atoms. The fraction of sp³-hybridized carbons (Fsp3) is 0.947. The van der Waals surface area contributed by atoms with Gasteiger partial charge in [0.1, 0.15) is 0 Å². The van der Waals surface area contributed by atoms with Crippen LogP contribution in [0.25, 0.3) is 0 Å². The summed E-state index contributed by atoms with van der Waals surface area (Å²) in [4.78, 5) is 13.1. The highest BCUT2D eigenvalue weighted by molar-refractivity contribution is 5.73. The largest absolute Gasteiger partial charge is 0.380 e. The van der Waals surface area contributed by atoms with Crippen molar-refractivity contribution in [2.45, 2.75) is 90.6 Å². The molecule has 0 aromatic heterocycles. The van der Waals surface area contributed by atoms with Crippen LogP contribution in [0.2, 0.25) is 0 Å². The lowest BCUT2D eigenvalue weighted by Gasteiger charge is -2.31. The van der Waals surface area contributed by atoms with Crippen LogP contribution in [-0.4, -0.2) is 43.7 Å². The van der Waals surface area contributed by atoms with Crippen molar-refractivity contribution in [3.05, 3.63) is 0 Å². The average molecular weight is 329 g/mol. The summed E-state index contributed by atoms with van der Waals surface area (Å²) in [6, 6.07) is 0. The van der Waals surface area contributed by atoms with E-state index in [9.17, 15) is 4.79 Å². The van der Waals surface area contributed by atoms with E-state index in [1.807, 2.05) is 21.0 Å². The molecule has 23 heavy (non-hydrogen) atoms. The molecule has 1 heterocycles. The summed E-state index contributed by atoms with van der Waals surface area (Å²) in [5.74, 6) is -0.163. The van der Waals surface area contributed by atoms with Crippen molar-refractivity contribution in [3.63, 3.8) is 0 Å². The summed E-state index contributed by atoms with van der Waals surface area (Å²) in [6.45, 7) is 7.61. The molecule has 1 aliphatic heterocycles. The quantitative estimate of drug-likeness (QED) is 0.548. The zero-order valence-electron chi connectivity index (χ0n) is 15.8. The third kappa shape index (κ3) is 13.5. The van der Waals surface area contributed by atoms with Crippen molar-refractivity contribution in [2.75, 3.05) is 26.7 Å². The number of hydrogen-bond donors (Lipinski definition) is 1. The number of nitrogens with two attached hydrogens (primary N) is 1. The van der Waals surface area contributed by atoms with E-state index in [4.69, 9.17) is 10.5 Å². The van der Waals surface area contributed by atoms with Crippen molar-refractivity contribution in [3.8, 4) is 0 Å². The van der Waals surface area contributed by atoms with Gasteiger partial charge in [-0.05, 0) is 38.8 Å². The minimum absolute atomic E-state index is 0.163. The number of hydrogen-bond acceptors (Lipinski definition) is 3. The topological polar surface area (TPSA) is 55.6 Å². The third-order valence-electron chi connectivity index (χ3n) is 4.44. The Bertz CT molecular complexity index is 272. The normalized spacial score (nSPS) is 18.3. The Kier molecular flexibility index (Phi) is 15.8. The maximum atomic E-state index is 10.6. The first-order chi connectivity index (χ1) is 11.2. The smallest absolute Gasteiger partial charge is 0.217 e. The van der Waals surface area contributed by atoms with Crippen LogP contribution in [-0.2, 0) is 9.53 Å². The highest BCUT2D eigenvalue weighted by atomic mass is 16.5. The van der Waals surface area contributed by atoms with Crippen LogP contribution < -0.4 is 5.73 Å². The Morgan fingerprint density at radius 3 is 2.17 bits per heavy atom. The standard InChI is InChI=1S/C17H34N2O2.C2H6/c1-21-16-11-10-14-19(15-16)13-9-7-5-3-2-4-6-8-12-17(18)20;1-2/h16H,2-15H2,1H3,(H2,18,20);1-2H3. The molecule has 4 nitrogen and oxygen atoms in total. The van der Waals surface area contributed by atoms with Gasteiger partial charge in [0.25, 0.3) is 0 Å². The third-order valence-corrected chi connectivity index (χ3v) is 4.44. The summed E-state index contributed by atoms with van der Waals surface area (Å²) < 4.78 is 5.46. The fourth-order valence-electron chi connectivity index (χ4n) is 3.10. The molecule has 0 aliphatic carbocycles. The number of carbonyl (C=O) groups is 1. The highest BCUT2D eigenvalue weighted by Gasteiger charge is 2.18. The van der Waals surface area contributed by atoms with Gasteiger partial charge in [-0.15, -0.1) is 0 Å². The maximum Gasteiger partial charge on any atom is 0.217 e. The second-order valence-electron chi connectivity index (χ2n) is 6.35. The number of primary amides is 1. The molecular weight excluding hydrogens is 288 g/mol. The lowest BCUT2D eigenvalue weighted by molar-refractivity contribution is -0.118. The van der Waals surface area contributed by atoms with Gasteiger partial charge in [-0.2, -0.15) is 0 Å². The van der Waals surface area contributed by atoms with E-state index in [0.717, 1.165) is 19.4 Å². The van der Waals surface area contributed by atoms with E-state index in [0.29, 0.717) is 12.5 Å². The van der Waals surface area contributed by atoms with E-state index < -0.39 is 0 Å². The molecule has 1 unspecified atom stereocenters. The van der Waals surface area contributed by atoms with Gasteiger partial charge in [0, 0.05) is 20.1 Å². The molecule has 1 saturated heterocycles. The van der Waals surface area contributed by atoms with Gasteiger partial charge in [-0.1, -0.05) is 52.4 Å². The molecule has 2 N–H and O–H groups in total. The number of unbranched alkanes of at least 4 members (excludes halogenated alkanes) is 7. The van der Waals surface area contributed by atoms with Gasteiger partial charge >= 0.3 is 0 Å². The molecule has 0 saturated carbocycles. The van der Waals surface area contributed by atoms with Crippen molar-refractivity contribution >= 4 is 5.91 Å². The van der Waals surface area contributed by atoms with Gasteiger partial charge in [-0.3, -0.25) is 4.79 Å². The monoisotopic (exact) mass is 328 g/mol. The number of piperidine rings is 1. The van der Waals surface area contributed by atoms with E-state index in [-0.39, 0.29) is 5.91 Å². The van der Waals surface area contributed by atoms with Crippen LogP contribution in [0.5, 0.6) is 0 Å². The van der Waals surface area contributed by atoms with Gasteiger partial charge in [-0.25, -0.2) is 0 Å². The van der Waals surface area contributed by atoms with E-state index in [2.05, 4.69) is 4.90 Å². The minimum atomic E-state index is -0.163. The highest BCUT2D eigenvalue weighted by Crippen LogP contribution is 2.14. The molecule has 138 valence electrons. The molecule has 0 aromatic rings. The zero-order valence-corrected chi connectivity index (χ0v) is 15.8. The van der Waals surface area contributed by atoms with Crippen molar-refractivity contribution in [1.82, 2.24) is 4.90 Å². The Morgan fingerprint density at radius 2 is 1.61 bits per heavy atom. The Labute approximate surface area is 144 Å². The Hall–Kier alpha value is -0.610. The maximum absolute atomic E-state index is 10.6. The first-order valence-corrected chi connectivity index (χ1v) is 9.76. The zero-order chi connectivity index (χ0) is 17.3. The van der Waals surface area contributed by atoms with Crippen LogP contribution in [0.3, 0.4) is 0 Å². The van der Waals surface area contributed by atoms with E-state index in [1.165, 1.54) is 64.5 Å². The van der Waals surface area contributed by atoms with Crippen LogP contribution in [0.4, 0.5) is 0 Å². The summed E-state index contributed by atoms with van der Waals surface area (Å²) in [5, 5.41) is 0. The molecule has 1 atom stereocenters. The van der Waals surface area contributed by atoms with Crippen LogP contribution in [0.1, 0.15) is 84.5 Å². The molecule has 0 spiro atoms. The Morgan fingerprint density at radius 1 is 1.04 bits per heavy atom. The molecule has 1 fully saturated rings. The lowest BCUT2D eigenvalue weighted by atomic mass is 10.1. The molecule has 1 aliphatic rings. The summed E-state index contributed by atoms with van der Waals surface area (Å²) in [6.07, 6.45) is 13.5. The molecule has 0 aromatic carbocycles. The number of amides is 1. The van der Waals surface area contributed by atoms with Gasteiger partial charge in [0.05, 0.1) is 6.10 Å².